The van der Waals surface area contributed by atoms with Crippen LogP contribution in [0.4, 0.5) is 5.69 Å². The lowest BCUT2D eigenvalue weighted by Gasteiger charge is -2.22. The van der Waals surface area contributed by atoms with Crippen molar-refractivity contribution in [1.29, 1.82) is 0 Å². The topological polar surface area (TPSA) is 99.3 Å². The van der Waals surface area contributed by atoms with Crippen LogP contribution in [0.25, 0.3) is 0 Å². The van der Waals surface area contributed by atoms with Gasteiger partial charge in [0.2, 0.25) is 5.91 Å². The highest BCUT2D eigenvalue weighted by Gasteiger charge is 2.30. The van der Waals surface area contributed by atoms with Gasteiger partial charge >= 0.3 is 5.69 Å². The Labute approximate surface area is 144 Å². The second-order valence-corrected chi connectivity index (χ2v) is 6.04. The summed E-state index contributed by atoms with van der Waals surface area (Å²) in [6.07, 6.45) is 5.49. The maximum atomic E-state index is 12.2. The number of nitrogens with one attached hydrogen (secondary N) is 1. The highest BCUT2D eigenvalue weighted by Crippen LogP contribution is 2.24. The van der Waals surface area contributed by atoms with Gasteiger partial charge in [0.05, 0.1) is 11.0 Å². The summed E-state index contributed by atoms with van der Waals surface area (Å²) in [6, 6.07) is 9.56. The Morgan fingerprint density at radius 2 is 2.16 bits per heavy atom. The molecule has 3 rings (SSSR count). The van der Waals surface area contributed by atoms with Gasteiger partial charge in [-0.3, -0.25) is 19.6 Å². The van der Waals surface area contributed by atoms with Crippen molar-refractivity contribution in [3.63, 3.8) is 0 Å². The molecule has 1 heterocycles. The number of aromatic nitrogens is 2. The third-order valence-corrected chi connectivity index (χ3v) is 4.23. The van der Waals surface area contributed by atoms with Crippen molar-refractivity contribution in [1.82, 2.24) is 15.1 Å². The molecule has 1 N–H and O–H groups in total. The molecule has 1 saturated carbocycles. The number of amides is 1. The van der Waals surface area contributed by atoms with Gasteiger partial charge in [0.15, 0.2) is 0 Å². The lowest BCUT2D eigenvalue weighted by atomic mass is 10.2. The van der Waals surface area contributed by atoms with E-state index in [4.69, 9.17) is 4.74 Å². The van der Waals surface area contributed by atoms with Gasteiger partial charge in [-0.2, -0.15) is 5.10 Å². The molecule has 1 aromatic carbocycles. The van der Waals surface area contributed by atoms with Gasteiger partial charge < -0.3 is 10.1 Å². The van der Waals surface area contributed by atoms with Crippen molar-refractivity contribution in [3.05, 3.63) is 52.8 Å². The van der Waals surface area contributed by atoms with Crippen LogP contribution in [0.15, 0.2) is 42.7 Å². The van der Waals surface area contributed by atoms with Crippen LogP contribution in [0.2, 0.25) is 0 Å². The highest BCUT2D eigenvalue weighted by molar-refractivity contribution is 5.76. The molecule has 1 aromatic heterocycles. The molecule has 0 bridgehead atoms. The zero-order chi connectivity index (χ0) is 17.6. The number of nitrogens with zero attached hydrogens (tertiary/aromatic N) is 3. The predicted molar refractivity (Wildman–Crippen MR) is 90.1 cm³/mol. The van der Waals surface area contributed by atoms with E-state index in [9.17, 15) is 14.9 Å². The SMILES string of the molecule is O=C(CCn1cc([N+](=O)[O-])cn1)N[C@@H]1CCC[C@H]1Oc1ccccc1. The fraction of sp³-hybridized carbons (Fsp3) is 0.412. The van der Waals surface area contributed by atoms with Crippen molar-refractivity contribution < 1.29 is 14.5 Å². The molecule has 1 aliphatic carbocycles. The van der Waals surface area contributed by atoms with Gasteiger partial charge in [-0.1, -0.05) is 18.2 Å². The lowest BCUT2D eigenvalue weighted by molar-refractivity contribution is -0.385. The van der Waals surface area contributed by atoms with Gasteiger partial charge in [-0.05, 0) is 31.4 Å². The van der Waals surface area contributed by atoms with Crippen molar-refractivity contribution in [2.45, 2.75) is 44.4 Å². The van der Waals surface area contributed by atoms with Crippen molar-refractivity contribution >= 4 is 11.6 Å². The predicted octanol–water partition coefficient (Wildman–Crippen LogP) is 2.30. The van der Waals surface area contributed by atoms with Crippen LogP contribution in [0.3, 0.4) is 0 Å². The number of carbonyl (C=O) groups is 1. The minimum absolute atomic E-state index is 0.0142. The van der Waals surface area contributed by atoms with E-state index in [2.05, 4.69) is 10.4 Å². The number of aryl methyl sites for hydroxylation is 1. The van der Waals surface area contributed by atoms with Gasteiger partial charge in [0, 0.05) is 13.0 Å². The standard InChI is InChI=1S/C17H20N4O4/c22-17(9-10-20-12-13(11-18-20)21(23)24)19-15-7-4-8-16(15)25-14-5-2-1-3-6-14/h1-3,5-6,11-12,15-16H,4,7-10H2,(H,19,22)/t15-,16-/m1/s1. The first-order valence-electron chi connectivity index (χ1n) is 8.30. The Balaban J connectivity index is 1.48. The zero-order valence-electron chi connectivity index (χ0n) is 13.7. The van der Waals surface area contributed by atoms with Gasteiger partial charge in [0.25, 0.3) is 0 Å². The molecule has 0 spiro atoms. The average Bonchev–Trinajstić information content (AvgIpc) is 3.24. The Hall–Kier alpha value is -2.90. The number of carbonyl (C=O) groups excluding carboxylic acids is 1. The molecule has 0 aliphatic heterocycles. The molecule has 0 radical (unpaired) electrons. The van der Waals surface area contributed by atoms with Crippen LogP contribution in [-0.2, 0) is 11.3 Å². The first kappa shape index (κ1) is 16.9. The maximum Gasteiger partial charge on any atom is 0.306 e. The summed E-state index contributed by atoms with van der Waals surface area (Å²) in [6.45, 7) is 0.302. The van der Waals surface area contributed by atoms with E-state index < -0.39 is 4.92 Å². The van der Waals surface area contributed by atoms with Gasteiger partial charge in [-0.15, -0.1) is 0 Å². The summed E-state index contributed by atoms with van der Waals surface area (Å²) < 4.78 is 7.38. The normalized spacial score (nSPS) is 19.5. The third-order valence-electron chi connectivity index (χ3n) is 4.23. The third kappa shape index (κ3) is 4.56. The van der Waals surface area contributed by atoms with Crippen molar-refractivity contribution in [2.24, 2.45) is 0 Å². The second-order valence-electron chi connectivity index (χ2n) is 6.04. The number of para-hydroxylation sites is 1. The minimum Gasteiger partial charge on any atom is -0.488 e. The molecule has 2 aromatic rings. The fourth-order valence-electron chi connectivity index (χ4n) is 2.97. The quantitative estimate of drug-likeness (QED) is 0.614. The molecule has 1 fully saturated rings. The Morgan fingerprint density at radius 1 is 1.36 bits per heavy atom. The molecular formula is C17H20N4O4. The number of ether oxygens (including phenoxy) is 1. The summed E-state index contributed by atoms with van der Waals surface area (Å²) in [7, 11) is 0. The molecule has 8 nitrogen and oxygen atoms in total. The molecule has 8 heteroatoms. The molecule has 1 amide bonds. The van der Waals surface area contributed by atoms with Crippen molar-refractivity contribution in [3.8, 4) is 5.75 Å². The van der Waals surface area contributed by atoms with E-state index in [1.54, 1.807) is 0 Å². The van der Waals surface area contributed by atoms with Gasteiger partial charge in [-0.25, -0.2) is 0 Å². The van der Waals surface area contributed by atoms with E-state index in [1.807, 2.05) is 30.3 Å². The number of nitro groups is 1. The Bertz CT molecular complexity index is 731. The molecule has 1 aliphatic rings. The number of hydrogen-bond acceptors (Lipinski definition) is 5. The maximum absolute atomic E-state index is 12.2. The summed E-state index contributed by atoms with van der Waals surface area (Å²) in [4.78, 5) is 22.3. The summed E-state index contributed by atoms with van der Waals surface area (Å²) in [5.74, 6) is 0.698. The van der Waals surface area contributed by atoms with Crippen molar-refractivity contribution in [2.75, 3.05) is 0 Å². The summed E-state index contributed by atoms with van der Waals surface area (Å²) in [5.41, 5.74) is -0.0764. The molecule has 2 atom stereocenters. The first-order chi connectivity index (χ1) is 12.1. The van der Waals surface area contributed by atoms with E-state index in [0.29, 0.717) is 6.54 Å². The van der Waals surface area contributed by atoms with E-state index in [-0.39, 0.29) is 30.2 Å². The first-order valence-corrected chi connectivity index (χ1v) is 8.30. The highest BCUT2D eigenvalue weighted by atomic mass is 16.6. The lowest BCUT2D eigenvalue weighted by Crippen LogP contribution is -2.42. The van der Waals surface area contributed by atoms with Gasteiger partial charge in [0.1, 0.15) is 24.2 Å². The van der Waals surface area contributed by atoms with Crippen LogP contribution in [0.1, 0.15) is 25.7 Å². The monoisotopic (exact) mass is 344 g/mol. The smallest absolute Gasteiger partial charge is 0.306 e. The van der Waals surface area contributed by atoms with E-state index >= 15 is 0 Å². The molecule has 132 valence electrons. The largest absolute Gasteiger partial charge is 0.488 e. The molecule has 0 unspecified atom stereocenters. The van der Waals surface area contributed by atoms with Crippen LogP contribution < -0.4 is 10.1 Å². The molecule has 25 heavy (non-hydrogen) atoms. The fourth-order valence-corrected chi connectivity index (χ4v) is 2.97. The Kier molecular flexibility index (Phi) is 5.27. The van der Waals surface area contributed by atoms with Crippen LogP contribution in [0, 0.1) is 10.1 Å². The van der Waals surface area contributed by atoms with Crippen LogP contribution in [-0.4, -0.2) is 32.8 Å². The second kappa shape index (κ2) is 7.78. The van der Waals surface area contributed by atoms with E-state index in [1.165, 1.54) is 17.1 Å². The molecule has 0 saturated heterocycles. The zero-order valence-corrected chi connectivity index (χ0v) is 13.7. The number of hydrogen-bond donors (Lipinski definition) is 1. The number of benzene rings is 1. The number of rotatable bonds is 7. The Morgan fingerprint density at radius 3 is 2.88 bits per heavy atom. The minimum atomic E-state index is -0.506. The van der Waals surface area contributed by atoms with Crippen LogP contribution >= 0.6 is 0 Å². The average molecular weight is 344 g/mol. The molecular weight excluding hydrogens is 324 g/mol. The van der Waals surface area contributed by atoms with E-state index in [0.717, 1.165) is 25.0 Å². The summed E-state index contributed by atoms with van der Waals surface area (Å²) >= 11 is 0. The summed E-state index contributed by atoms with van der Waals surface area (Å²) in [5, 5.41) is 17.5. The van der Waals surface area contributed by atoms with Crippen LogP contribution in [0.5, 0.6) is 5.75 Å².